The molecule has 7 nitrogen and oxygen atoms in total. The number of nitrogens with zero attached hydrogens (tertiary/aromatic N) is 2. The number of hydrogen-bond acceptors (Lipinski definition) is 6. The van der Waals surface area contributed by atoms with E-state index in [0.29, 0.717) is 43.5 Å². The number of amides is 1. The van der Waals surface area contributed by atoms with Crippen LogP contribution in [0.15, 0.2) is 33.4 Å². The largest absolute Gasteiger partial charge is 0.461 e. The zero-order chi connectivity index (χ0) is 16.6. The zero-order valence-corrected chi connectivity index (χ0v) is 13.6. The van der Waals surface area contributed by atoms with Crippen LogP contribution >= 0.6 is 0 Å². The topological polar surface area (TPSA) is 77.9 Å². The highest BCUT2D eigenvalue weighted by molar-refractivity contribution is 5.93. The van der Waals surface area contributed by atoms with Crippen LogP contribution in [0.4, 0.5) is 0 Å². The third-order valence-electron chi connectivity index (χ3n) is 4.80. The maximum Gasteiger partial charge on any atom is 0.276 e. The van der Waals surface area contributed by atoms with E-state index in [9.17, 15) is 4.79 Å². The molecule has 2 aromatic rings. The first-order chi connectivity index (χ1) is 11.7. The molecule has 0 unspecified atom stereocenters. The SMILES string of the molecule is CC1([C@@H]2CCCN(C(=O)c3cc(-c4ccco4)on3)C2)OCCO1. The molecule has 2 fully saturated rings. The Hall–Kier alpha value is -2.12. The van der Waals surface area contributed by atoms with Crippen molar-refractivity contribution in [1.29, 1.82) is 0 Å². The fourth-order valence-electron chi connectivity index (χ4n) is 3.43. The van der Waals surface area contributed by atoms with Crippen molar-refractivity contribution in [3.63, 3.8) is 0 Å². The standard InChI is InChI=1S/C17H20N2O5/c1-17(22-8-9-23-17)12-4-2-6-19(11-12)16(20)13-10-15(24-18-13)14-5-3-7-21-14/h3,5,7,10,12H,2,4,6,8-9,11H2,1H3/t12-/m1/s1. The number of furan rings is 1. The molecule has 24 heavy (non-hydrogen) atoms. The summed E-state index contributed by atoms with van der Waals surface area (Å²) in [4.78, 5) is 14.5. The van der Waals surface area contributed by atoms with Crippen LogP contribution in [0.5, 0.6) is 0 Å². The molecule has 2 aliphatic heterocycles. The Labute approximate surface area is 139 Å². The van der Waals surface area contributed by atoms with Gasteiger partial charge in [0.1, 0.15) is 0 Å². The van der Waals surface area contributed by atoms with E-state index >= 15 is 0 Å². The van der Waals surface area contributed by atoms with Crippen molar-refractivity contribution >= 4 is 5.91 Å². The van der Waals surface area contributed by atoms with Crippen LogP contribution in [0.1, 0.15) is 30.3 Å². The second kappa shape index (κ2) is 6.07. The van der Waals surface area contributed by atoms with Crippen LogP contribution in [0.25, 0.3) is 11.5 Å². The first-order valence-corrected chi connectivity index (χ1v) is 8.23. The summed E-state index contributed by atoms with van der Waals surface area (Å²) in [5, 5.41) is 3.90. The number of aromatic nitrogens is 1. The van der Waals surface area contributed by atoms with Gasteiger partial charge in [-0.2, -0.15) is 0 Å². The minimum Gasteiger partial charge on any atom is -0.461 e. The van der Waals surface area contributed by atoms with E-state index in [1.54, 1.807) is 29.4 Å². The Morgan fingerprint density at radius 3 is 2.92 bits per heavy atom. The molecule has 4 heterocycles. The first-order valence-electron chi connectivity index (χ1n) is 8.23. The maximum absolute atomic E-state index is 12.7. The van der Waals surface area contributed by atoms with Gasteiger partial charge >= 0.3 is 0 Å². The Morgan fingerprint density at radius 1 is 1.33 bits per heavy atom. The molecule has 0 radical (unpaired) electrons. The lowest BCUT2D eigenvalue weighted by Gasteiger charge is -2.39. The van der Waals surface area contributed by atoms with Crippen molar-refractivity contribution in [1.82, 2.24) is 10.1 Å². The molecule has 0 aliphatic carbocycles. The average Bonchev–Trinajstić information content (AvgIpc) is 3.35. The fourth-order valence-corrected chi connectivity index (χ4v) is 3.43. The molecule has 2 saturated heterocycles. The second-order valence-electron chi connectivity index (χ2n) is 6.36. The summed E-state index contributed by atoms with van der Waals surface area (Å²) in [6, 6.07) is 5.15. The van der Waals surface area contributed by atoms with Gasteiger partial charge < -0.3 is 23.3 Å². The van der Waals surface area contributed by atoms with E-state index < -0.39 is 5.79 Å². The highest BCUT2D eigenvalue weighted by Crippen LogP contribution is 2.34. The summed E-state index contributed by atoms with van der Waals surface area (Å²) >= 11 is 0. The quantitative estimate of drug-likeness (QED) is 0.859. The molecule has 0 N–H and O–H groups in total. The van der Waals surface area contributed by atoms with Crippen molar-refractivity contribution in [3.05, 3.63) is 30.2 Å². The van der Waals surface area contributed by atoms with Gasteiger partial charge in [-0.1, -0.05) is 5.16 Å². The summed E-state index contributed by atoms with van der Waals surface area (Å²) in [5.41, 5.74) is 0.292. The molecule has 0 bridgehead atoms. The predicted molar refractivity (Wildman–Crippen MR) is 83.1 cm³/mol. The normalized spacial score (nSPS) is 23.5. The number of likely N-dealkylation sites (tertiary alicyclic amines) is 1. The number of piperidine rings is 1. The van der Waals surface area contributed by atoms with E-state index in [-0.39, 0.29) is 11.8 Å². The molecule has 128 valence electrons. The van der Waals surface area contributed by atoms with E-state index in [2.05, 4.69) is 5.16 Å². The predicted octanol–water partition coefficient (Wildman–Crippen LogP) is 2.55. The Morgan fingerprint density at radius 2 is 2.17 bits per heavy atom. The van der Waals surface area contributed by atoms with Crippen LogP contribution in [0, 0.1) is 5.92 Å². The van der Waals surface area contributed by atoms with Crippen LogP contribution in [0.3, 0.4) is 0 Å². The van der Waals surface area contributed by atoms with Gasteiger partial charge in [0.25, 0.3) is 5.91 Å². The molecular weight excluding hydrogens is 312 g/mol. The number of carbonyl (C=O) groups excluding carboxylic acids is 1. The fraction of sp³-hybridized carbons (Fsp3) is 0.529. The van der Waals surface area contributed by atoms with Crippen LogP contribution in [0.2, 0.25) is 0 Å². The minimum absolute atomic E-state index is 0.136. The molecule has 1 amide bonds. The third-order valence-corrected chi connectivity index (χ3v) is 4.80. The lowest BCUT2D eigenvalue weighted by atomic mass is 9.90. The van der Waals surface area contributed by atoms with Crippen molar-refractivity contribution < 1.29 is 23.2 Å². The van der Waals surface area contributed by atoms with Gasteiger partial charge in [0.2, 0.25) is 5.76 Å². The maximum atomic E-state index is 12.7. The highest BCUT2D eigenvalue weighted by atomic mass is 16.7. The van der Waals surface area contributed by atoms with Gasteiger partial charge in [0.15, 0.2) is 17.2 Å². The summed E-state index contributed by atoms with van der Waals surface area (Å²) < 4.78 is 22.0. The van der Waals surface area contributed by atoms with E-state index in [4.69, 9.17) is 18.4 Å². The van der Waals surface area contributed by atoms with Gasteiger partial charge in [-0.05, 0) is 31.9 Å². The van der Waals surface area contributed by atoms with Crippen molar-refractivity contribution in [3.8, 4) is 11.5 Å². The van der Waals surface area contributed by atoms with Gasteiger partial charge in [-0.15, -0.1) is 0 Å². The number of carbonyl (C=O) groups is 1. The van der Waals surface area contributed by atoms with Gasteiger partial charge in [-0.25, -0.2) is 0 Å². The van der Waals surface area contributed by atoms with Crippen molar-refractivity contribution in [2.45, 2.75) is 25.6 Å². The summed E-state index contributed by atoms with van der Waals surface area (Å²) in [5.74, 6) is 0.434. The number of rotatable bonds is 3. The lowest BCUT2D eigenvalue weighted by Crippen LogP contribution is -2.48. The lowest BCUT2D eigenvalue weighted by molar-refractivity contribution is -0.189. The van der Waals surface area contributed by atoms with E-state index in [0.717, 1.165) is 12.8 Å². The van der Waals surface area contributed by atoms with Gasteiger partial charge in [-0.3, -0.25) is 4.79 Å². The molecule has 1 atom stereocenters. The highest BCUT2D eigenvalue weighted by Gasteiger charge is 2.42. The van der Waals surface area contributed by atoms with Gasteiger partial charge in [0, 0.05) is 25.1 Å². The molecule has 2 aliphatic rings. The smallest absolute Gasteiger partial charge is 0.276 e. The first kappa shape index (κ1) is 15.4. The Bertz CT molecular complexity index is 702. The summed E-state index contributed by atoms with van der Waals surface area (Å²) in [7, 11) is 0. The Kier molecular flexibility index (Phi) is 3.90. The molecule has 0 saturated carbocycles. The average molecular weight is 332 g/mol. The number of ether oxygens (including phenoxy) is 2. The van der Waals surface area contributed by atoms with Crippen molar-refractivity contribution in [2.24, 2.45) is 5.92 Å². The minimum atomic E-state index is -0.595. The second-order valence-corrected chi connectivity index (χ2v) is 6.36. The number of hydrogen-bond donors (Lipinski definition) is 0. The van der Waals surface area contributed by atoms with Crippen LogP contribution < -0.4 is 0 Å². The molecule has 2 aromatic heterocycles. The van der Waals surface area contributed by atoms with Gasteiger partial charge in [0.05, 0.1) is 19.5 Å². The molecule has 7 heteroatoms. The van der Waals surface area contributed by atoms with Crippen molar-refractivity contribution in [2.75, 3.05) is 26.3 Å². The molecule has 0 aromatic carbocycles. The summed E-state index contributed by atoms with van der Waals surface area (Å²) in [6.07, 6.45) is 3.45. The van der Waals surface area contributed by atoms with Crippen LogP contribution in [-0.2, 0) is 9.47 Å². The molecule has 0 spiro atoms. The monoisotopic (exact) mass is 332 g/mol. The Balaban J connectivity index is 1.48. The molecule has 4 rings (SSSR count). The third kappa shape index (κ3) is 2.74. The van der Waals surface area contributed by atoms with Crippen LogP contribution in [-0.4, -0.2) is 48.1 Å². The van der Waals surface area contributed by atoms with E-state index in [1.807, 2.05) is 6.92 Å². The zero-order valence-electron chi connectivity index (χ0n) is 13.6. The molecular formula is C17H20N2O5. The summed E-state index contributed by atoms with van der Waals surface area (Å²) in [6.45, 7) is 4.48. The van der Waals surface area contributed by atoms with E-state index in [1.165, 1.54) is 0 Å².